The average Bonchev–Trinajstić information content (AvgIpc) is 3.46. The zero-order valence-electron chi connectivity index (χ0n) is 18.6. The minimum Gasteiger partial charge on any atom is -0.481 e. The third kappa shape index (κ3) is 5.46. The number of nitrogens with zero attached hydrogens (tertiary/aromatic N) is 1. The van der Waals surface area contributed by atoms with Gasteiger partial charge in [-0.3, -0.25) is 9.59 Å². The molecule has 0 radical (unpaired) electrons. The van der Waals surface area contributed by atoms with E-state index in [9.17, 15) is 19.5 Å². The van der Waals surface area contributed by atoms with Crippen LogP contribution in [0.15, 0.2) is 73.1 Å². The summed E-state index contributed by atoms with van der Waals surface area (Å²) in [6.45, 7) is 1.16. The van der Waals surface area contributed by atoms with Crippen LogP contribution in [0.1, 0.15) is 29.9 Å². The second kappa shape index (κ2) is 10.7. The molecule has 2 aromatic carbocycles. The predicted molar refractivity (Wildman–Crippen MR) is 126 cm³/mol. The number of benzene rings is 2. The molecule has 176 valence electrons. The Kier molecular flexibility index (Phi) is 7.27. The Labute approximate surface area is 197 Å². The molecule has 1 aliphatic carbocycles. The predicted octanol–water partition coefficient (Wildman–Crippen LogP) is 3.38. The molecule has 1 heterocycles. The molecule has 34 heavy (non-hydrogen) atoms. The molecule has 4 rings (SSSR count). The van der Waals surface area contributed by atoms with Crippen molar-refractivity contribution in [1.29, 1.82) is 0 Å². The van der Waals surface area contributed by atoms with Gasteiger partial charge in [-0.2, -0.15) is 0 Å². The van der Waals surface area contributed by atoms with E-state index in [0.717, 1.165) is 28.8 Å². The zero-order chi connectivity index (χ0) is 23.9. The van der Waals surface area contributed by atoms with E-state index in [1.54, 1.807) is 0 Å². The number of hydrogen-bond donors (Lipinski definition) is 3. The molecule has 3 aromatic rings. The number of aryl methyl sites for hydroxylation is 1. The van der Waals surface area contributed by atoms with Crippen molar-refractivity contribution in [3.63, 3.8) is 0 Å². The molecule has 8 nitrogen and oxygen atoms in total. The highest BCUT2D eigenvalue weighted by Crippen LogP contribution is 2.44. The number of carboxylic acids is 1. The maximum Gasteiger partial charge on any atom is 0.407 e. The Morgan fingerprint density at radius 3 is 2.18 bits per heavy atom. The van der Waals surface area contributed by atoms with E-state index >= 15 is 0 Å². The van der Waals surface area contributed by atoms with Gasteiger partial charge in [-0.05, 0) is 40.8 Å². The summed E-state index contributed by atoms with van der Waals surface area (Å²) in [7, 11) is 0. The first kappa shape index (κ1) is 23.1. The SMILES string of the molecule is O=C(O)CC(NC(=O)OCC1c2ccccc2-c2ccccc21)C(=O)NCCCn1cccc1. The van der Waals surface area contributed by atoms with Gasteiger partial charge in [0.25, 0.3) is 0 Å². The van der Waals surface area contributed by atoms with E-state index in [2.05, 4.69) is 10.6 Å². The summed E-state index contributed by atoms with van der Waals surface area (Å²) in [4.78, 5) is 36.3. The number of ether oxygens (including phenoxy) is 1. The summed E-state index contributed by atoms with van der Waals surface area (Å²) in [6.07, 6.45) is 3.16. The van der Waals surface area contributed by atoms with E-state index in [0.29, 0.717) is 13.0 Å². The van der Waals surface area contributed by atoms with Gasteiger partial charge in [0.05, 0.1) is 6.42 Å². The number of carboxylic acid groups (broad SMARTS) is 1. The Bertz CT molecular complexity index is 1110. The summed E-state index contributed by atoms with van der Waals surface area (Å²) in [5.74, 6) is -1.87. The van der Waals surface area contributed by atoms with Gasteiger partial charge in [-0.1, -0.05) is 48.5 Å². The number of carbonyl (C=O) groups excluding carboxylic acids is 2. The van der Waals surface area contributed by atoms with Crippen LogP contribution in [0.2, 0.25) is 0 Å². The molecule has 0 saturated heterocycles. The second-order valence-corrected chi connectivity index (χ2v) is 8.19. The molecule has 0 spiro atoms. The highest BCUT2D eigenvalue weighted by Gasteiger charge is 2.30. The number of carbonyl (C=O) groups is 3. The Balaban J connectivity index is 1.32. The molecular weight excluding hydrogens is 434 g/mol. The number of amides is 2. The quantitative estimate of drug-likeness (QED) is 0.401. The fraction of sp³-hybridized carbons (Fsp3) is 0.269. The van der Waals surface area contributed by atoms with Gasteiger partial charge < -0.3 is 25.0 Å². The summed E-state index contributed by atoms with van der Waals surface area (Å²) in [5.41, 5.74) is 4.35. The fourth-order valence-electron chi connectivity index (χ4n) is 4.28. The van der Waals surface area contributed by atoms with E-state index in [1.807, 2.05) is 77.6 Å². The number of aromatic nitrogens is 1. The molecule has 2 amide bonds. The van der Waals surface area contributed by atoms with Crippen molar-refractivity contribution in [2.24, 2.45) is 0 Å². The molecule has 3 N–H and O–H groups in total. The lowest BCUT2D eigenvalue weighted by Gasteiger charge is -2.18. The second-order valence-electron chi connectivity index (χ2n) is 8.19. The van der Waals surface area contributed by atoms with Crippen molar-refractivity contribution in [2.45, 2.75) is 31.3 Å². The normalized spacial score (nSPS) is 12.9. The van der Waals surface area contributed by atoms with Gasteiger partial charge in [-0.15, -0.1) is 0 Å². The molecule has 8 heteroatoms. The first-order valence-corrected chi connectivity index (χ1v) is 11.2. The van der Waals surface area contributed by atoms with Crippen molar-refractivity contribution >= 4 is 18.0 Å². The highest BCUT2D eigenvalue weighted by molar-refractivity contribution is 5.89. The monoisotopic (exact) mass is 461 g/mol. The van der Waals surface area contributed by atoms with Gasteiger partial charge in [-0.25, -0.2) is 4.79 Å². The molecule has 0 aliphatic heterocycles. The van der Waals surface area contributed by atoms with Crippen molar-refractivity contribution < 1.29 is 24.2 Å². The Morgan fingerprint density at radius 2 is 1.56 bits per heavy atom. The van der Waals surface area contributed by atoms with Gasteiger partial charge in [0, 0.05) is 31.4 Å². The van der Waals surface area contributed by atoms with Crippen LogP contribution in [0.5, 0.6) is 0 Å². The molecule has 0 saturated carbocycles. The Hall–Kier alpha value is -4.07. The molecule has 1 atom stereocenters. The van der Waals surface area contributed by atoms with Gasteiger partial charge in [0.1, 0.15) is 12.6 Å². The van der Waals surface area contributed by atoms with Crippen LogP contribution in [0.4, 0.5) is 4.79 Å². The van der Waals surface area contributed by atoms with Crippen LogP contribution in [0.25, 0.3) is 11.1 Å². The lowest BCUT2D eigenvalue weighted by atomic mass is 9.98. The number of aliphatic carboxylic acids is 1. The first-order chi connectivity index (χ1) is 16.5. The number of nitrogens with one attached hydrogen (secondary N) is 2. The van der Waals surface area contributed by atoms with Gasteiger partial charge in [0.15, 0.2) is 0 Å². The largest absolute Gasteiger partial charge is 0.481 e. The van der Waals surface area contributed by atoms with Crippen LogP contribution in [-0.4, -0.2) is 46.8 Å². The lowest BCUT2D eigenvalue weighted by Crippen LogP contribution is -2.48. The number of fused-ring (bicyclic) bond motifs is 3. The summed E-state index contributed by atoms with van der Waals surface area (Å²) in [5, 5.41) is 14.3. The number of rotatable bonds is 10. The van der Waals surface area contributed by atoms with Crippen molar-refractivity contribution in [2.75, 3.05) is 13.2 Å². The minimum atomic E-state index is -1.22. The molecular formula is C26H27N3O5. The van der Waals surface area contributed by atoms with E-state index in [4.69, 9.17) is 4.74 Å². The third-order valence-corrected chi connectivity index (χ3v) is 5.89. The average molecular weight is 462 g/mol. The van der Waals surface area contributed by atoms with E-state index < -0.39 is 30.4 Å². The topological polar surface area (TPSA) is 110 Å². The highest BCUT2D eigenvalue weighted by atomic mass is 16.5. The van der Waals surface area contributed by atoms with Gasteiger partial charge >= 0.3 is 12.1 Å². The Morgan fingerprint density at radius 1 is 0.941 bits per heavy atom. The molecule has 0 fully saturated rings. The molecule has 0 bridgehead atoms. The number of alkyl carbamates (subject to hydrolysis) is 1. The van der Waals surface area contributed by atoms with E-state index in [1.165, 1.54) is 0 Å². The maximum atomic E-state index is 12.5. The third-order valence-electron chi connectivity index (χ3n) is 5.89. The standard InChI is InChI=1S/C26H27N3O5/c30-24(31)16-23(25(32)27-12-7-15-29-13-5-6-14-29)28-26(33)34-17-22-20-10-3-1-8-18(20)19-9-2-4-11-21(19)22/h1-6,8-11,13-14,22-23H,7,12,15-17H2,(H,27,32)(H,28,33)(H,30,31). The fourth-order valence-corrected chi connectivity index (χ4v) is 4.28. The molecule has 1 aromatic heterocycles. The first-order valence-electron chi connectivity index (χ1n) is 11.2. The summed E-state index contributed by atoms with van der Waals surface area (Å²) < 4.78 is 7.43. The van der Waals surface area contributed by atoms with Crippen LogP contribution in [0, 0.1) is 0 Å². The zero-order valence-corrected chi connectivity index (χ0v) is 18.6. The summed E-state index contributed by atoms with van der Waals surface area (Å²) in [6, 6.07) is 18.5. The van der Waals surface area contributed by atoms with Crippen LogP contribution in [-0.2, 0) is 20.9 Å². The van der Waals surface area contributed by atoms with Gasteiger partial charge in [0.2, 0.25) is 5.91 Å². The maximum absolute atomic E-state index is 12.5. The van der Waals surface area contributed by atoms with Crippen LogP contribution < -0.4 is 10.6 Å². The summed E-state index contributed by atoms with van der Waals surface area (Å²) >= 11 is 0. The van der Waals surface area contributed by atoms with Crippen LogP contribution >= 0.6 is 0 Å². The minimum absolute atomic E-state index is 0.0815. The smallest absolute Gasteiger partial charge is 0.407 e. The number of hydrogen-bond acceptors (Lipinski definition) is 4. The van der Waals surface area contributed by atoms with Crippen molar-refractivity contribution in [3.8, 4) is 11.1 Å². The van der Waals surface area contributed by atoms with Crippen molar-refractivity contribution in [3.05, 3.63) is 84.2 Å². The molecule has 1 aliphatic rings. The lowest BCUT2D eigenvalue weighted by molar-refractivity contribution is -0.139. The molecule has 1 unspecified atom stereocenters. The van der Waals surface area contributed by atoms with Crippen molar-refractivity contribution in [1.82, 2.24) is 15.2 Å². The van der Waals surface area contributed by atoms with E-state index in [-0.39, 0.29) is 12.5 Å². The van der Waals surface area contributed by atoms with Crippen LogP contribution in [0.3, 0.4) is 0 Å².